The average molecular weight is 173 g/mol. The van der Waals surface area contributed by atoms with Gasteiger partial charge in [0.15, 0.2) is 5.54 Å². The number of carbonyl (C=O) groups is 1. The van der Waals surface area contributed by atoms with Gasteiger partial charge in [0.2, 0.25) is 6.08 Å². The number of carboxylic acids is 1. The maximum absolute atomic E-state index is 10.7. The third-order valence-electron chi connectivity index (χ3n) is 1.63. The minimum Gasteiger partial charge on any atom is -0.479 e. The molecule has 1 N–H and O–H groups in total. The number of nitrogens with zero attached hydrogens (tertiary/aromatic N) is 1. The van der Waals surface area contributed by atoms with Crippen molar-refractivity contribution in [3.63, 3.8) is 0 Å². The van der Waals surface area contributed by atoms with Gasteiger partial charge in [0.05, 0.1) is 6.61 Å². The molecule has 0 saturated heterocycles. The van der Waals surface area contributed by atoms with E-state index in [0.717, 1.165) is 0 Å². The highest BCUT2D eigenvalue weighted by Gasteiger charge is 2.36. The maximum atomic E-state index is 10.7. The van der Waals surface area contributed by atoms with Crippen molar-refractivity contribution < 1.29 is 19.4 Å². The van der Waals surface area contributed by atoms with Crippen molar-refractivity contribution in [2.24, 2.45) is 4.99 Å². The number of ether oxygens (including phenoxy) is 1. The lowest BCUT2D eigenvalue weighted by atomic mass is 9.99. The fourth-order valence-corrected chi connectivity index (χ4v) is 0.800. The van der Waals surface area contributed by atoms with Crippen LogP contribution in [0.4, 0.5) is 0 Å². The first-order valence-electron chi connectivity index (χ1n) is 3.44. The van der Waals surface area contributed by atoms with Crippen LogP contribution < -0.4 is 0 Å². The zero-order chi connectivity index (χ0) is 9.61. The molecule has 12 heavy (non-hydrogen) atoms. The predicted molar refractivity (Wildman–Crippen MR) is 40.7 cm³/mol. The van der Waals surface area contributed by atoms with Gasteiger partial charge >= 0.3 is 5.97 Å². The molecule has 0 aromatic rings. The summed E-state index contributed by atoms with van der Waals surface area (Å²) in [4.78, 5) is 23.9. The molecule has 0 amide bonds. The zero-order valence-electron chi connectivity index (χ0n) is 7.03. The standard InChI is InChI=1S/C7H11NO4/c1-3-7(4-12-2,6(10)11)8-5-9/h3-4H2,1-2H3,(H,10,11). The largest absolute Gasteiger partial charge is 0.479 e. The first kappa shape index (κ1) is 10.8. The summed E-state index contributed by atoms with van der Waals surface area (Å²) in [6, 6.07) is 0. The molecule has 0 aromatic heterocycles. The van der Waals surface area contributed by atoms with Gasteiger partial charge in [0.1, 0.15) is 0 Å². The summed E-state index contributed by atoms with van der Waals surface area (Å²) in [6.07, 6.45) is 1.44. The number of carboxylic acid groups (broad SMARTS) is 1. The van der Waals surface area contributed by atoms with Crippen LogP contribution in [0.1, 0.15) is 13.3 Å². The van der Waals surface area contributed by atoms with E-state index in [-0.39, 0.29) is 13.0 Å². The molecule has 1 unspecified atom stereocenters. The van der Waals surface area contributed by atoms with Crippen LogP contribution in [0.25, 0.3) is 0 Å². The Morgan fingerprint density at radius 2 is 2.33 bits per heavy atom. The number of rotatable bonds is 5. The number of hydrogen-bond donors (Lipinski definition) is 1. The monoisotopic (exact) mass is 173 g/mol. The third kappa shape index (κ3) is 2.15. The lowest BCUT2D eigenvalue weighted by Crippen LogP contribution is -2.40. The molecule has 5 heteroatoms. The van der Waals surface area contributed by atoms with Crippen LogP contribution in [-0.2, 0) is 14.3 Å². The van der Waals surface area contributed by atoms with Gasteiger partial charge in [-0.25, -0.2) is 9.59 Å². The number of aliphatic carboxylic acids is 1. The Balaban J connectivity index is 4.74. The predicted octanol–water partition coefficient (Wildman–Crippen LogP) is 0.202. The Kier molecular flexibility index (Phi) is 4.18. The van der Waals surface area contributed by atoms with Gasteiger partial charge in [0.25, 0.3) is 0 Å². The summed E-state index contributed by atoms with van der Waals surface area (Å²) >= 11 is 0. The Hall–Kier alpha value is -1.19. The zero-order valence-corrected chi connectivity index (χ0v) is 7.03. The topological polar surface area (TPSA) is 76.0 Å². The summed E-state index contributed by atoms with van der Waals surface area (Å²) in [5.74, 6) is -1.17. The number of isocyanates is 1. The normalized spacial score (nSPS) is 14.5. The van der Waals surface area contributed by atoms with Gasteiger partial charge in [-0.3, -0.25) is 0 Å². The van der Waals surface area contributed by atoms with Crippen LogP contribution >= 0.6 is 0 Å². The van der Waals surface area contributed by atoms with Crippen molar-refractivity contribution >= 4 is 12.0 Å². The number of carbonyl (C=O) groups excluding carboxylic acids is 1. The van der Waals surface area contributed by atoms with Gasteiger partial charge in [-0.2, -0.15) is 4.99 Å². The maximum Gasteiger partial charge on any atom is 0.334 e. The highest BCUT2D eigenvalue weighted by molar-refractivity contribution is 5.80. The number of aliphatic imine (C=N–C) groups is 1. The summed E-state index contributed by atoms with van der Waals surface area (Å²) in [5, 5.41) is 8.73. The second-order valence-electron chi connectivity index (χ2n) is 2.33. The molecule has 5 nitrogen and oxygen atoms in total. The highest BCUT2D eigenvalue weighted by Crippen LogP contribution is 2.15. The van der Waals surface area contributed by atoms with E-state index in [1.807, 2.05) is 0 Å². The lowest BCUT2D eigenvalue weighted by molar-refractivity contribution is -0.145. The summed E-state index contributed by atoms with van der Waals surface area (Å²) in [5.41, 5.74) is -1.46. The molecule has 0 aliphatic heterocycles. The highest BCUT2D eigenvalue weighted by atomic mass is 16.5. The molecule has 0 saturated carbocycles. The summed E-state index contributed by atoms with van der Waals surface area (Å²) in [6.45, 7) is 1.50. The molecular formula is C7H11NO4. The molecule has 0 bridgehead atoms. The van der Waals surface area contributed by atoms with Gasteiger partial charge in [-0.15, -0.1) is 0 Å². The van der Waals surface area contributed by atoms with Crippen LogP contribution in [0.3, 0.4) is 0 Å². The van der Waals surface area contributed by atoms with Gasteiger partial charge in [-0.05, 0) is 6.42 Å². The van der Waals surface area contributed by atoms with Crippen molar-refractivity contribution in [2.45, 2.75) is 18.9 Å². The number of methoxy groups -OCH3 is 1. The Morgan fingerprint density at radius 1 is 1.75 bits per heavy atom. The van der Waals surface area contributed by atoms with Crippen LogP contribution in [0.15, 0.2) is 4.99 Å². The van der Waals surface area contributed by atoms with E-state index in [1.165, 1.54) is 13.2 Å². The van der Waals surface area contributed by atoms with Crippen molar-refractivity contribution in [1.29, 1.82) is 0 Å². The molecule has 0 fully saturated rings. The van der Waals surface area contributed by atoms with E-state index < -0.39 is 11.5 Å². The molecule has 0 rings (SSSR count). The van der Waals surface area contributed by atoms with Gasteiger partial charge < -0.3 is 9.84 Å². The number of hydrogen-bond acceptors (Lipinski definition) is 4. The van der Waals surface area contributed by atoms with Crippen molar-refractivity contribution in [3.05, 3.63) is 0 Å². The second kappa shape index (κ2) is 4.64. The molecule has 0 aliphatic carbocycles. The first-order chi connectivity index (χ1) is 5.63. The summed E-state index contributed by atoms with van der Waals surface area (Å²) < 4.78 is 4.66. The fraction of sp³-hybridized carbons (Fsp3) is 0.714. The van der Waals surface area contributed by atoms with Crippen molar-refractivity contribution in [2.75, 3.05) is 13.7 Å². The smallest absolute Gasteiger partial charge is 0.334 e. The fourth-order valence-electron chi connectivity index (χ4n) is 0.800. The SMILES string of the molecule is CCC(COC)(N=C=O)C(=O)O. The minimum absolute atomic E-state index is 0.117. The minimum atomic E-state index is -1.46. The van der Waals surface area contributed by atoms with Crippen LogP contribution in [0, 0.1) is 0 Å². The van der Waals surface area contributed by atoms with Crippen LogP contribution in [0.5, 0.6) is 0 Å². The van der Waals surface area contributed by atoms with E-state index in [2.05, 4.69) is 9.73 Å². The lowest BCUT2D eigenvalue weighted by Gasteiger charge is -2.19. The van der Waals surface area contributed by atoms with E-state index in [0.29, 0.717) is 0 Å². The van der Waals surface area contributed by atoms with Crippen LogP contribution in [0.2, 0.25) is 0 Å². The molecular weight excluding hydrogens is 162 g/mol. The molecule has 0 aromatic carbocycles. The van der Waals surface area contributed by atoms with Crippen LogP contribution in [-0.4, -0.2) is 36.4 Å². The molecule has 0 heterocycles. The van der Waals surface area contributed by atoms with E-state index >= 15 is 0 Å². The quantitative estimate of drug-likeness (QED) is 0.476. The van der Waals surface area contributed by atoms with Gasteiger partial charge in [0, 0.05) is 7.11 Å². The molecule has 0 aliphatic rings. The third-order valence-corrected chi connectivity index (χ3v) is 1.63. The molecule has 0 radical (unpaired) electrons. The molecule has 0 spiro atoms. The van der Waals surface area contributed by atoms with Crippen molar-refractivity contribution in [1.82, 2.24) is 0 Å². The Labute approximate surface area is 70.1 Å². The second-order valence-corrected chi connectivity index (χ2v) is 2.33. The van der Waals surface area contributed by atoms with E-state index in [9.17, 15) is 9.59 Å². The van der Waals surface area contributed by atoms with Gasteiger partial charge in [-0.1, -0.05) is 6.92 Å². The van der Waals surface area contributed by atoms with E-state index in [1.54, 1.807) is 6.92 Å². The Bertz CT molecular complexity index is 205. The van der Waals surface area contributed by atoms with E-state index in [4.69, 9.17) is 5.11 Å². The van der Waals surface area contributed by atoms with Crippen molar-refractivity contribution in [3.8, 4) is 0 Å². The molecule has 68 valence electrons. The molecule has 1 atom stereocenters. The summed E-state index contributed by atoms with van der Waals surface area (Å²) in [7, 11) is 1.35. The average Bonchev–Trinajstić information content (AvgIpc) is 2.03. The first-order valence-corrected chi connectivity index (χ1v) is 3.44. The Morgan fingerprint density at radius 3 is 2.58 bits per heavy atom.